The van der Waals surface area contributed by atoms with Crippen LogP contribution in [0.15, 0.2) is 102 Å². The fourth-order valence-electron chi connectivity index (χ4n) is 4.02. The predicted octanol–water partition coefficient (Wildman–Crippen LogP) is 5.99. The first kappa shape index (κ1) is 31.6. The van der Waals surface area contributed by atoms with Crippen LogP contribution in [0.5, 0.6) is 17.2 Å². The lowest BCUT2D eigenvalue weighted by Gasteiger charge is -2.15. The van der Waals surface area contributed by atoms with Crippen LogP contribution in [0.2, 0.25) is 0 Å². The van der Waals surface area contributed by atoms with Gasteiger partial charge in [-0.05, 0) is 54.6 Å². The van der Waals surface area contributed by atoms with Crippen LogP contribution in [-0.4, -0.2) is 44.8 Å². The molecule has 4 aromatic rings. The standard InChI is InChI=1S/C33H30FN3O6S/c1-41-28-19-30(43-3)29(42-2)17-22(28)16-27(37-32(39)21-10-5-4-6-11-21)33(40)35-23-12-9-13-24(18-23)44-20-31(38)36-26-15-8-7-14-25(26)34/h4-19H,20H2,1-3H3,(H,35,40)(H,36,38)(H,37,39)/b27-16+. The van der Waals surface area contributed by atoms with Gasteiger partial charge in [0.25, 0.3) is 11.8 Å². The maximum atomic E-state index is 13.9. The topological polar surface area (TPSA) is 115 Å². The van der Waals surface area contributed by atoms with E-state index in [0.29, 0.717) is 39.0 Å². The van der Waals surface area contributed by atoms with Gasteiger partial charge >= 0.3 is 0 Å². The Morgan fingerprint density at radius 1 is 0.773 bits per heavy atom. The third-order valence-electron chi connectivity index (χ3n) is 6.17. The summed E-state index contributed by atoms with van der Waals surface area (Å²) in [5.74, 6) is -0.772. The summed E-state index contributed by atoms with van der Waals surface area (Å²) in [6.07, 6.45) is 1.47. The third kappa shape index (κ3) is 8.39. The lowest BCUT2D eigenvalue weighted by Crippen LogP contribution is -2.30. The second-order valence-corrected chi connectivity index (χ2v) is 10.2. The van der Waals surface area contributed by atoms with Crippen molar-refractivity contribution in [3.63, 3.8) is 0 Å². The number of rotatable bonds is 12. The number of anilines is 2. The minimum atomic E-state index is -0.606. The first-order valence-corrected chi connectivity index (χ1v) is 14.3. The predicted molar refractivity (Wildman–Crippen MR) is 169 cm³/mol. The average Bonchev–Trinajstić information content (AvgIpc) is 3.04. The van der Waals surface area contributed by atoms with Gasteiger partial charge in [0, 0.05) is 27.8 Å². The van der Waals surface area contributed by atoms with Crippen molar-refractivity contribution in [3.05, 3.63) is 114 Å². The van der Waals surface area contributed by atoms with Crippen molar-refractivity contribution in [2.24, 2.45) is 0 Å². The molecule has 0 bridgehead atoms. The molecule has 0 saturated carbocycles. The highest BCUT2D eigenvalue weighted by Crippen LogP contribution is 2.35. The zero-order valence-corrected chi connectivity index (χ0v) is 25.0. The zero-order chi connectivity index (χ0) is 31.5. The molecule has 9 nitrogen and oxygen atoms in total. The Balaban J connectivity index is 1.55. The van der Waals surface area contributed by atoms with Gasteiger partial charge in [-0.2, -0.15) is 0 Å². The fraction of sp³-hybridized carbons (Fsp3) is 0.121. The van der Waals surface area contributed by atoms with E-state index in [0.717, 1.165) is 0 Å². The Bertz CT molecular complexity index is 1680. The average molecular weight is 616 g/mol. The Hall–Kier alpha value is -5.29. The van der Waals surface area contributed by atoms with E-state index >= 15 is 0 Å². The second-order valence-electron chi connectivity index (χ2n) is 9.13. The number of carbonyl (C=O) groups is 3. The summed E-state index contributed by atoms with van der Waals surface area (Å²) in [4.78, 5) is 39.7. The largest absolute Gasteiger partial charge is 0.496 e. The minimum Gasteiger partial charge on any atom is -0.496 e. The smallest absolute Gasteiger partial charge is 0.272 e. The van der Waals surface area contributed by atoms with Crippen LogP contribution in [0.1, 0.15) is 15.9 Å². The SMILES string of the molecule is COc1cc(OC)c(OC)cc1/C=C(/NC(=O)c1ccccc1)C(=O)Nc1cccc(SCC(=O)Nc2ccccc2F)c1. The molecule has 0 aliphatic carbocycles. The van der Waals surface area contributed by atoms with Crippen molar-refractivity contribution in [2.75, 3.05) is 37.7 Å². The summed E-state index contributed by atoms with van der Waals surface area (Å²) in [5, 5.41) is 8.04. The van der Waals surface area contributed by atoms with Gasteiger partial charge in [0.15, 0.2) is 11.5 Å². The summed E-state index contributed by atoms with van der Waals surface area (Å²) in [6.45, 7) is 0. The molecule has 3 amide bonds. The first-order valence-electron chi connectivity index (χ1n) is 13.3. The molecule has 0 unspecified atom stereocenters. The summed E-state index contributed by atoms with van der Waals surface area (Å²) < 4.78 is 30.1. The van der Waals surface area contributed by atoms with E-state index in [4.69, 9.17) is 14.2 Å². The number of thioether (sulfide) groups is 1. The number of nitrogens with one attached hydrogen (secondary N) is 3. The number of methoxy groups -OCH3 is 3. The van der Waals surface area contributed by atoms with Crippen molar-refractivity contribution in [1.82, 2.24) is 5.32 Å². The lowest BCUT2D eigenvalue weighted by atomic mass is 10.1. The van der Waals surface area contributed by atoms with Gasteiger partial charge in [0.1, 0.15) is 17.3 Å². The van der Waals surface area contributed by atoms with Gasteiger partial charge in [-0.25, -0.2) is 4.39 Å². The van der Waals surface area contributed by atoms with Crippen molar-refractivity contribution in [3.8, 4) is 17.2 Å². The van der Waals surface area contributed by atoms with E-state index in [9.17, 15) is 18.8 Å². The summed E-state index contributed by atoms with van der Waals surface area (Å²) >= 11 is 1.21. The van der Waals surface area contributed by atoms with Gasteiger partial charge in [-0.3, -0.25) is 14.4 Å². The molecule has 0 radical (unpaired) electrons. The molecule has 0 aliphatic heterocycles. The van der Waals surface area contributed by atoms with Gasteiger partial charge in [0.05, 0.1) is 32.8 Å². The minimum absolute atomic E-state index is 0.0170. The molecule has 4 rings (SSSR count). The molecular weight excluding hydrogens is 585 g/mol. The van der Waals surface area contributed by atoms with Crippen LogP contribution in [0.4, 0.5) is 15.8 Å². The van der Waals surface area contributed by atoms with Crippen LogP contribution in [0.25, 0.3) is 6.08 Å². The maximum absolute atomic E-state index is 13.9. The van der Waals surface area contributed by atoms with E-state index in [2.05, 4.69) is 16.0 Å². The van der Waals surface area contributed by atoms with Gasteiger partial charge in [-0.15, -0.1) is 11.8 Å². The van der Waals surface area contributed by atoms with Crippen LogP contribution in [0, 0.1) is 5.82 Å². The van der Waals surface area contributed by atoms with Gasteiger partial charge in [0.2, 0.25) is 5.91 Å². The van der Waals surface area contributed by atoms with Crippen molar-refractivity contribution < 1.29 is 33.0 Å². The number of benzene rings is 4. The van der Waals surface area contributed by atoms with Crippen LogP contribution < -0.4 is 30.2 Å². The number of amides is 3. The summed E-state index contributed by atoms with van der Waals surface area (Å²) in [7, 11) is 4.45. The van der Waals surface area contributed by atoms with Gasteiger partial charge < -0.3 is 30.2 Å². The summed E-state index contributed by atoms with van der Waals surface area (Å²) in [5.41, 5.74) is 1.27. The molecule has 44 heavy (non-hydrogen) atoms. The highest BCUT2D eigenvalue weighted by molar-refractivity contribution is 8.00. The number of halogens is 1. The molecule has 0 spiro atoms. The van der Waals surface area contributed by atoms with Crippen molar-refractivity contribution in [2.45, 2.75) is 4.90 Å². The second kappa shape index (κ2) is 15.3. The maximum Gasteiger partial charge on any atom is 0.272 e. The molecular formula is C33H30FN3O6S. The fourth-order valence-corrected chi connectivity index (χ4v) is 4.78. The Kier molecular flexibility index (Phi) is 11.0. The molecule has 0 saturated heterocycles. The quantitative estimate of drug-likeness (QED) is 0.132. The number of hydrogen-bond donors (Lipinski definition) is 3. The molecule has 226 valence electrons. The highest BCUT2D eigenvalue weighted by Gasteiger charge is 2.18. The molecule has 0 aliphatic rings. The monoisotopic (exact) mass is 615 g/mol. The molecule has 0 heterocycles. The Morgan fingerprint density at radius 2 is 1.45 bits per heavy atom. The molecule has 0 fully saturated rings. The lowest BCUT2D eigenvalue weighted by molar-refractivity contribution is -0.114. The number of para-hydroxylation sites is 1. The first-order chi connectivity index (χ1) is 21.3. The van der Waals surface area contributed by atoms with Crippen LogP contribution in [0.3, 0.4) is 0 Å². The van der Waals surface area contributed by atoms with E-state index in [1.807, 2.05) is 0 Å². The zero-order valence-electron chi connectivity index (χ0n) is 24.2. The van der Waals surface area contributed by atoms with Crippen LogP contribution >= 0.6 is 11.8 Å². The number of carbonyl (C=O) groups excluding carboxylic acids is 3. The normalized spacial score (nSPS) is 10.9. The molecule has 0 aromatic heterocycles. The highest BCUT2D eigenvalue weighted by atomic mass is 32.2. The van der Waals surface area contributed by atoms with E-state index in [1.54, 1.807) is 72.8 Å². The summed E-state index contributed by atoms with van der Waals surface area (Å²) in [6, 6.07) is 24.5. The van der Waals surface area contributed by atoms with Crippen LogP contribution in [-0.2, 0) is 9.59 Å². The Labute approximate surface area is 258 Å². The van der Waals surface area contributed by atoms with E-state index in [1.165, 1.54) is 57.4 Å². The van der Waals surface area contributed by atoms with E-state index in [-0.39, 0.29) is 23.0 Å². The number of hydrogen-bond acceptors (Lipinski definition) is 7. The molecule has 11 heteroatoms. The Morgan fingerprint density at radius 3 is 2.16 bits per heavy atom. The van der Waals surface area contributed by atoms with Crippen molar-refractivity contribution >= 4 is 46.9 Å². The number of ether oxygens (including phenoxy) is 3. The third-order valence-corrected chi connectivity index (χ3v) is 7.17. The van der Waals surface area contributed by atoms with Gasteiger partial charge in [-0.1, -0.05) is 36.4 Å². The molecule has 4 aromatic carbocycles. The molecule has 3 N–H and O–H groups in total. The van der Waals surface area contributed by atoms with Crippen molar-refractivity contribution in [1.29, 1.82) is 0 Å². The van der Waals surface area contributed by atoms with E-state index < -0.39 is 17.6 Å². The molecule has 0 atom stereocenters.